The Balaban J connectivity index is 2.70. The van der Waals surface area contributed by atoms with Crippen LogP contribution in [0.15, 0.2) is 21.3 Å². The molecule has 2 nitrogen and oxygen atoms in total. The molecule has 1 atom stereocenters. The highest BCUT2D eigenvalue weighted by molar-refractivity contribution is 5.11. The van der Waals surface area contributed by atoms with Gasteiger partial charge in [0.25, 0.3) is 0 Å². The van der Waals surface area contributed by atoms with E-state index in [9.17, 15) is 4.79 Å². The minimum atomic E-state index is -0.238. The topological polar surface area (TPSA) is 30.2 Å². The van der Waals surface area contributed by atoms with Gasteiger partial charge in [-0.25, -0.2) is 4.79 Å². The summed E-state index contributed by atoms with van der Waals surface area (Å²) in [6, 6.07) is 3.48. The Labute approximate surface area is 97.7 Å². The van der Waals surface area contributed by atoms with E-state index in [0.29, 0.717) is 11.3 Å². The van der Waals surface area contributed by atoms with Gasteiger partial charge in [-0.3, -0.25) is 0 Å². The zero-order valence-electron chi connectivity index (χ0n) is 11.0. The van der Waals surface area contributed by atoms with Crippen LogP contribution in [0.5, 0.6) is 0 Å². The van der Waals surface area contributed by atoms with Gasteiger partial charge in [0.15, 0.2) is 0 Å². The molecule has 0 saturated heterocycles. The van der Waals surface area contributed by atoms with Crippen LogP contribution in [-0.2, 0) is 6.42 Å². The Kier molecular flexibility index (Phi) is 3.95. The van der Waals surface area contributed by atoms with Gasteiger partial charge in [0.1, 0.15) is 5.76 Å². The maximum atomic E-state index is 11.2. The van der Waals surface area contributed by atoms with Crippen molar-refractivity contribution in [2.75, 3.05) is 0 Å². The van der Waals surface area contributed by atoms with Crippen LogP contribution in [0.25, 0.3) is 0 Å². The lowest BCUT2D eigenvalue weighted by Crippen LogP contribution is -2.13. The molecule has 0 N–H and O–H groups in total. The zero-order valence-corrected chi connectivity index (χ0v) is 11.0. The molecule has 1 rings (SSSR count). The Morgan fingerprint density at radius 1 is 1.31 bits per heavy atom. The smallest absolute Gasteiger partial charge is 0.336 e. The predicted molar refractivity (Wildman–Crippen MR) is 66.7 cm³/mol. The molecule has 0 aliphatic carbocycles. The molecule has 90 valence electrons. The van der Waals surface area contributed by atoms with Crippen molar-refractivity contribution in [3.05, 3.63) is 33.9 Å². The Bertz CT molecular complexity index is 396. The Morgan fingerprint density at radius 2 is 1.94 bits per heavy atom. The third kappa shape index (κ3) is 4.65. The summed E-state index contributed by atoms with van der Waals surface area (Å²) in [7, 11) is 0. The van der Waals surface area contributed by atoms with Crippen molar-refractivity contribution in [2.45, 2.75) is 47.5 Å². The second-order valence-corrected chi connectivity index (χ2v) is 5.99. The van der Waals surface area contributed by atoms with E-state index >= 15 is 0 Å². The van der Waals surface area contributed by atoms with Crippen LogP contribution in [0.4, 0.5) is 0 Å². The molecule has 1 aromatic rings. The lowest BCUT2D eigenvalue weighted by atomic mass is 9.84. The Morgan fingerprint density at radius 3 is 2.44 bits per heavy atom. The normalized spacial score (nSPS) is 13.8. The molecule has 0 fully saturated rings. The highest BCUT2D eigenvalue weighted by atomic mass is 16.4. The molecule has 0 bridgehead atoms. The van der Waals surface area contributed by atoms with Crippen LogP contribution in [0.3, 0.4) is 0 Å². The van der Waals surface area contributed by atoms with E-state index in [1.54, 1.807) is 0 Å². The van der Waals surface area contributed by atoms with Crippen molar-refractivity contribution < 1.29 is 4.42 Å². The highest BCUT2D eigenvalue weighted by Crippen LogP contribution is 2.26. The van der Waals surface area contributed by atoms with Gasteiger partial charge in [0.05, 0.1) is 0 Å². The van der Waals surface area contributed by atoms with E-state index in [0.717, 1.165) is 24.2 Å². The minimum Gasteiger partial charge on any atom is -0.428 e. The summed E-state index contributed by atoms with van der Waals surface area (Å²) < 4.78 is 5.19. The van der Waals surface area contributed by atoms with Gasteiger partial charge in [0, 0.05) is 12.5 Å². The first kappa shape index (κ1) is 13.0. The second kappa shape index (κ2) is 4.86. The van der Waals surface area contributed by atoms with Gasteiger partial charge in [-0.1, -0.05) is 27.7 Å². The average molecular weight is 222 g/mol. The maximum Gasteiger partial charge on any atom is 0.336 e. The number of aryl methyl sites for hydroxylation is 1. The van der Waals surface area contributed by atoms with E-state index < -0.39 is 0 Å². The van der Waals surface area contributed by atoms with Gasteiger partial charge in [-0.05, 0) is 36.3 Å². The highest BCUT2D eigenvalue weighted by Gasteiger charge is 2.16. The molecule has 0 radical (unpaired) electrons. The summed E-state index contributed by atoms with van der Waals surface area (Å²) in [5.41, 5.74) is 1.07. The fourth-order valence-electron chi connectivity index (χ4n) is 2.23. The number of hydrogen-bond donors (Lipinski definition) is 0. The fourth-order valence-corrected chi connectivity index (χ4v) is 2.23. The van der Waals surface area contributed by atoms with Gasteiger partial charge < -0.3 is 4.42 Å². The lowest BCUT2D eigenvalue weighted by molar-refractivity contribution is 0.292. The molecule has 0 amide bonds. The molecule has 16 heavy (non-hydrogen) atoms. The van der Waals surface area contributed by atoms with Crippen molar-refractivity contribution in [2.24, 2.45) is 11.3 Å². The quantitative estimate of drug-likeness (QED) is 0.782. The standard InChI is InChI=1S/C14H22O2/c1-10-6-12(16-13(15)8-10)7-11(2)9-14(3,4)5/h6,8,11H,7,9H2,1-5H3/t11-/m0/s1. The van der Waals surface area contributed by atoms with E-state index in [2.05, 4.69) is 27.7 Å². The first-order valence-corrected chi connectivity index (χ1v) is 5.87. The molecule has 0 spiro atoms. The molecule has 0 unspecified atom stereocenters. The van der Waals surface area contributed by atoms with Crippen LogP contribution in [0.2, 0.25) is 0 Å². The van der Waals surface area contributed by atoms with Gasteiger partial charge in [0.2, 0.25) is 0 Å². The largest absolute Gasteiger partial charge is 0.428 e. The van der Waals surface area contributed by atoms with Gasteiger partial charge in [-0.15, -0.1) is 0 Å². The summed E-state index contributed by atoms with van der Waals surface area (Å²) in [5, 5.41) is 0. The Hall–Kier alpha value is -1.05. The summed E-state index contributed by atoms with van der Waals surface area (Å²) >= 11 is 0. The molecule has 0 aromatic carbocycles. The molecule has 2 heteroatoms. The van der Waals surface area contributed by atoms with Crippen LogP contribution >= 0.6 is 0 Å². The van der Waals surface area contributed by atoms with E-state index in [1.165, 1.54) is 6.07 Å². The van der Waals surface area contributed by atoms with Crippen molar-refractivity contribution in [3.63, 3.8) is 0 Å². The molecular weight excluding hydrogens is 200 g/mol. The van der Waals surface area contributed by atoms with E-state index in [4.69, 9.17) is 4.42 Å². The van der Waals surface area contributed by atoms with Crippen LogP contribution in [0, 0.1) is 18.3 Å². The molecule has 0 aliphatic rings. The second-order valence-electron chi connectivity index (χ2n) is 5.99. The third-order valence-electron chi connectivity index (χ3n) is 2.48. The molecule has 0 aliphatic heterocycles. The predicted octanol–water partition coefficient (Wildman–Crippen LogP) is 3.56. The van der Waals surface area contributed by atoms with Gasteiger partial charge in [-0.2, -0.15) is 0 Å². The SMILES string of the molecule is Cc1cc(C[C@H](C)CC(C)(C)C)oc(=O)c1. The minimum absolute atomic E-state index is 0.238. The van der Waals surface area contributed by atoms with E-state index in [1.807, 2.05) is 13.0 Å². The average Bonchev–Trinajstić information content (AvgIpc) is 1.96. The fraction of sp³-hybridized carbons (Fsp3) is 0.643. The molecule has 1 aromatic heterocycles. The molecule has 1 heterocycles. The van der Waals surface area contributed by atoms with Crippen molar-refractivity contribution in [1.82, 2.24) is 0 Å². The lowest BCUT2D eigenvalue weighted by Gasteiger charge is -2.22. The number of rotatable bonds is 3. The summed E-state index contributed by atoms with van der Waals surface area (Å²) in [5.74, 6) is 1.34. The molecular formula is C14H22O2. The van der Waals surface area contributed by atoms with Crippen LogP contribution in [-0.4, -0.2) is 0 Å². The van der Waals surface area contributed by atoms with Crippen molar-refractivity contribution in [3.8, 4) is 0 Å². The summed E-state index contributed by atoms with van der Waals surface area (Å²) in [4.78, 5) is 11.2. The van der Waals surface area contributed by atoms with Crippen LogP contribution < -0.4 is 5.63 Å². The first-order chi connectivity index (χ1) is 7.26. The number of hydrogen-bond acceptors (Lipinski definition) is 2. The summed E-state index contributed by atoms with van der Waals surface area (Å²) in [6.07, 6.45) is 1.97. The first-order valence-electron chi connectivity index (χ1n) is 5.87. The van der Waals surface area contributed by atoms with E-state index in [-0.39, 0.29) is 5.63 Å². The summed E-state index contributed by atoms with van der Waals surface area (Å²) in [6.45, 7) is 10.8. The van der Waals surface area contributed by atoms with Crippen molar-refractivity contribution in [1.29, 1.82) is 0 Å². The van der Waals surface area contributed by atoms with Crippen molar-refractivity contribution >= 4 is 0 Å². The maximum absolute atomic E-state index is 11.2. The molecule has 0 saturated carbocycles. The third-order valence-corrected chi connectivity index (χ3v) is 2.48. The monoisotopic (exact) mass is 222 g/mol. The van der Waals surface area contributed by atoms with Gasteiger partial charge >= 0.3 is 5.63 Å². The zero-order chi connectivity index (χ0) is 12.3. The van der Waals surface area contributed by atoms with Crippen LogP contribution in [0.1, 0.15) is 45.4 Å².